The molecule has 0 saturated heterocycles. The van der Waals surface area contributed by atoms with Gasteiger partial charge in [-0.25, -0.2) is 4.98 Å². The van der Waals surface area contributed by atoms with Gasteiger partial charge in [0.15, 0.2) is 5.82 Å². The largest absolute Gasteiger partial charge is 0.348 e. The maximum absolute atomic E-state index is 10.7. The summed E-state index contributed by atoms with van der Waals surface area (Å²) in [5, 5.41) is 21.7. The quantitative estimate of drug-likeness (QED) is 0.545. The Labute approximate surface area is 119 Å². The Morgan fingerprint density at radius 1 is 1.48 bits per heavy atom. The number of aromatic nitrogens is 5. The zero-order chi connectivity index (χ0) is 14.8. The lowest BCUT2D eigenvalue weighted by atomic mass is 10.3. The van der Waals surface area contributed by atoms with Gasteiger partial charge in [-0.05, 0) is 13.0 Å². The van der Waals surface area contributed by atoms with Gasteiger partial charge < -0.3 is 14.9 Å². The van der Waals surface area contributed by atoms with Crippen LogP contribution in [0.3, 0.4) is 0 Å². The van der Waals surface area contributed by atoms with Crippen LogP contribution in [0.1, 0.15) is 12.7 Å². The van der Waals surface area contributed by atoms with E-state index < -0.39 is 4.92 Å². The second-order valence-electron chi connectivity index (χ2n) is 4.43. The van der Waals surface area contributed by atoms with Gasteiger partial charge in [0.2, 0.25) is 5.95 Å². The van der Waals surface area contributed by atoms with Gasteiger partial charge in [-0.2, -0.15) is 0 Å². The van der Waals surface area contributed by atoms with Crippen LogP contribution in [-0.4, -0.2) is 29.7 Å². The maximum atomic E-state index is 10.7. The number of nitrogens with one attached hydrogen (secondary N) is 2. The highest BCUT2D eigenvalue weighted by molar-refractivity contribution is 5.79. The van der Waals surface area contributed by atoms with E-state index in [9.17, 15) is 10.1 Å². The van der Waals surface area contributed by atoms with Gasteiger partial charge in [-0.1, -0.05) is 0 Å². The van der Waals surface area contributed by atoms with Crippen molar-refractivity contribution in [3.05, 3.63) is 40.5 Å². The van der Waals surface area contributed by atoms with Crippen molar-refractivity contribution in [2.75, 3.05) is 5.32 Å². The minimum absolute atomic E-state index is 0.0310. The minimum atomic E-state index is -0.433. The molecule has 0 unspecified atom stereocenters. The number of aromatic amines is 1. The maximum Gasteiger partial charge on any atom is 0.271 e. The lowest BCUT2D eigenvalue weighted by Gasteiger charge is -2.03. The summed E-state index contributed by atoms with van der Waals surface area (Å²) in [5.74, 6) is 1.33. The van der Waals surface area contributed by atoms with Crippen molar-refractivity contribution in [2.24, 2.45) is 0 Å². The first-order valence-corrected chi connectivity index (χ1v) is 6.42. The van der Waals surface area contributed by atoms with Gasteiger partial charge >= 0.3 is 0 Å². The zero-order valence-electron chi connectivity index (χ0n) is 11.3. The van der Waals surface area contributed by atoms with Crippen LogP contribution >= 0.6 is 0 Å². The molecule has 0 amide bonds. The summed E-state index contributed by atoms with van der Waals surface area (Å²) in [6.45, 7) is 3.26. The number of H-pyrrole nitrogens is 1. The molecule has 0 spiro atoms. The molecule has 0 aliphatic heterocycles. The number of non-ortho nitro benzene ring substituents is 1. The molecular formula is C12H13N7O2. The van der Waals surface area contributed by atoms with Crippen molar-refractivity contribution in [3.63, 3.8) is 0 Å². The molecule has 0 radical (unpaired) electrons. The summed E-state index contributed by atoms with van der Waals surface area (Å²) in [7, 11) is 0. The lowest BCUT2D eigenvalue weighted by Crippen LogP contribution is -2.08. The standard InChI is InChI=1S/C12H13N7O2/c1-2-18-7-14-17-11(18)6-13-12-15-9-4-3-8(19(20)21)5-10(9)16-12/h3-5,7H,2,6H2,1H3,(H2,13,15,16). The Kier molecular flexibility index (Phi) is 3.22. The highest BCUT2D eigenvalue weighted by Crippen LogP contribution is 2.20. The average Bonchev–Trinajstić information content (AvgIpc) is 3.09. The number of imidazole rings is 1. The molecule has 3 rings (SSSR count). The van der Waals surface area contributed by atoms with Crippen molar-refractivity contribution in [1.82, 2.24) is 24.7 Å². The van der Waals surface area contributed by atoms with Gasteiger partial charge in [-0.3, -0.25) is 10.1 Å². The molecular weight excluding hydrogens is 274 g/mol. The summed E-state index contributed by atoms with van der Waals surface area (Å²) in [6.07, 6.45) is 1.67. The second kappa shape index (κ2) is 5.19. The van der Waals surface area contributed by atoms with Gasteiger partial charge in [0, 0.05) is 18.7 Å². The molecule has 9 heteroatoms. The summed E-state index contributed by atoms with van der Waals surface area (Å²) in [4.78, 5) is 17.6. The number of aryl methyl sites for hydroxylation is 1. The molecule has 2 heterocycles. The van der Waals surface area contributed by atoms with Crippen LogP contribution in [-0.2, 0) is 13.1 Å². The number of nitro groups is 1. The Morgan fingerprint density at radius 3 is 3.10 bits per heavy atom. The first kappa shape index (κ1) is 13.0. The Bertz CT molecular complexity index is 792. The highest BCUT2D eigenvalue weighted by Gasteiger charge is 2.10. The molecule has 0 fully saturated rings. The van der Waals surface area contributed by atoms with Gasteiger partial charge in [0.25, 0.3) is 5.69 Å². The van der Waals surface area contributed by atoms with Crippen LogP contribution in [0.5, 0.6) is 0 Å². The van der Waals surface area contributed by atoms with Gasteiger partial charge in [0.1, 0.15) is 6.33 Å². The number of fused-ring (bicyclic) bond motifs is 1. The third kappa shape index (κ3) is 2.53. The highest BCUT2D eigenvalue weighted by atomic mass is 16.6. The molecule has 0 aliphatic rings. The SMILES string of the molecule is CCn1cnnc1CNc1nc2ccc([N+](=O)[O-])cc2[nH]1. The molecule has 2 aromatic heterocycles. The summed E-state index contributed by atoms with van der Waals surface area (Å²) >= 11 is 0. The van der Waals surface area contributed by atoms with E-state index in [1.54, 1.807) is 12.4 Å². The predicted octanol–water partition coefficient (Wildman–Crippen LogP) is 1.69. The second-order valence-corrected chi connectivity index (χ2v) is 4.43. The zero-order valence-corrected chi connectivity index (χ0v) is 11.3. The molecule has 21 heavy (non-hydrogen) atoms. The van der Waals surface area contributed by atoms with E-state index in [0.717, 1.165) is 12.4 Å². The molecule has 0 bridgehead atoms. The molecule has 2 N–H and O–H groups in total. The van der Waals surface area contributed by atoms with Gasteiger partial charge in [0.05, 0.1) is 22.5 Å². The van der Waals surface area contributed by atoms with Crippen molar-refractivity contribution < 1.29 is 4.92 Å². The van der Waals surface area contributed by atoms with Crippen LogP contribution in [0.25, 0.3) is 11.0 Å². The first-order valence-electron chi connectivity index (χ1n) is 6.42. The number of anilines is 1. The minimum Gasteiger partial charge on any atom is -0.348 e. The number of benzene rings is 1. The summed E-state index contributed by atoms with van der Waals surface area (Å²) < 4.78 is 1.92. The average molecular weight is 287 g/mol. The Balaban J connectivity index is 1.80. The van der Waals surface area contributed by atoms with E-state index in [1.807, 2.05) is 11.5 Å². The van der Waals surface area contributed by atoms with Crippen LogP contribution in [0.2, 0.25) is 0 Å². The molecule has 0 atom stereocenters. The van der Waals surface area contributed by atoms with E-state index >= 15 is 0 Å². The molecule has 0 aliphatic carbocycles. The summed E-state index contributed by atoms with van der Waals surface area (Å²) in [5.41, 5.74) is 1.31. The first-order chi connectivity index (χ1) is 10.2. The van der Waals surface area contributed by atoms with Crippen LogP contribution in [0, 0.1) is 10.1 Å². The van der Waals surface area contributed by atoms with Crippen molar-refractivity contribution in [3.8, 4) is 0 Å². The topological polar surface area (TPSA) is 115 Å². The van der Waals surface area contributed by atoms with E-state index in [-0.39, 0.29) is 5.69 Å². The molecule has 1 aromatic carbocycles. The Hall–Kier alpha value is -2.97. The fourth-order valence-corrected chi connectivity index (χ4v) is 2.04. The van der Waals surface area contributed by atoms with Crippen LogP contribution in [0.4, 0.5) is 11.6 Å². The fourth-order valence-electron chi connectivity index (χ4n) is 2.04. The third-order valence-corrected chi connectivity index (χ3v) is 3.13. The monoisotopic (exact) mass is 287 g/mol. The molecule has 0 saturated carbocycles. The van der Waals surface area contributed by atoms with E-state index in [1.165, 1.54) is 12.1 Å². The number of nitrogens with zero attached hydrogens (tertiary/aromatic N) is 5. The molecule has 3 aromatic rings. The number of rotatable bonds is 5. The number of hydrogen-bond acceptors (Lipinski definition) is 6. The number of hydrogen-bond donors (Lipinski definition) is 2. The fraction of sp³-hybridized carbons (Fsp3) is 0.250. The van der Waals surface area contributed by atoms with Crippen molar-refractivity contribution in [2.45, 2.75) is 20.0 Å². The molecule has 9 nitrogen and oxygen atoms in total. The lowest BCUT2D eigenvalue weighted by molar-refractivity contribution is -0.384. The third-order valence-electron chi connectivity index (χ3n) is 3.13. The summed E-state index contributed by atoms with van der Waals surface area (Å²) in [6, 6.07) is 4.51. The van der Waals surface area contributed by atoms with E-state index in [0.29, 0.717) is 23.5 Å². The smallest absolute Gasteiger partial charge is 0.271 e. The number of nitro benzene ring substituents is 1. The van der Waals surface area contributed by atoms with E-state index in [2.05, 4.69) is 25.5 Å². The molecule has 108 valence electrons. The van der Waals surface area contributed by atoms with Crippen molar-refractivity contribution in [1.29, 1.82) is 0 Å². The van der Waals surface area contributed by atoms with Crippen molar-refractivity contribution >= 4 is 22.7 Å². The van der Waals surface area contributed by atoms with Crippen LogP contribution < -0.4 is 5.32 Å². The normalized spacial score (nSPS) is 10.9. The van der Waals surface area contributed by atoms with Crippen LogP contribution in [0.15, 0.2) is 24.5 Å². The van der Waals surface area contributed by atoms with Gasteiger partial charge in [-0.15, -0.1) is 10.2 Å². The Morgan fingerprint density at radius 2 is 2.33 bits per heavy atom. The van der Waals surface area contributed by atoms with E-state index in [4.69, 9.17) is 0 Å². The predicted molar refractivity (Wildman–Crippen MR) is 75.8 cm³/mol.